The highest BCUT2D eigenvalue weighted by atomic mass is 16.2. The Bertz CT molecular complexity index is 305. The second-order valence-corrected chi connectivity index (χ2v) is 5.17. The number of likely N-dealkylation sites (N-methyl/N-ethyl adjacent to an activating group) is 1. The highest BCUT2D eigenvalue weighted by Crippen LogP contribution is 2.25. The van der Waals surface area contributed by atoms with Crippen LogP contribution in [0.5, 0.6) is 0 Å². The zero-order valence-corrected chi connectivity index (χ0v) is 11.7. The van der Waals surface area contributed by atoms with Gasteiger partial charge >= 0.3 is 0 Å². The van der Waals surface area contributed by atoms with E-state index >= 15 is 0 Å². The quantitative estimate of drug-likeness (QED) is 0.750. The maximum Gasteiger partial charge on any atom is 0.227 e. The third-order valence-electron chi connectivity index (χ3n) is 4.19. The van der Waals surface area contributed by atoms with E-state index in [0.29, 0.717) is 19.5 Å². The van der Waals surface area contributed by atoms with Crippen molar-refractivity contribution in [3.05, 3.63) is 0 Å². The molecule has 1 fully saturated rings. The zero-order chi connectivity index (χ0) is 13.8. The van der Waals surface area contributed by atoms with E-state index in [1.807, 2.05) is 13.8 Å². The summed E-state index contributed by atoms with van der Waals surface area (Å²) in [7, 11) is 1.77. The minimum atomic E-state index is -0.458. The first-order valence-electron chi connectivity index (χ1n) is 6.74. The van der Waals surface area contributed by atoms with Crippen molar-refractivity contribution >= 4 is 11.8 Å². The normalized spacial score (nSPS) is 21.0. The SMILES string of the molecule is CCC(CC)(CN)C(=O)NC1CCC(=O)N(C)C1. The lowest BCUT2D eigenvalue weighted by Crippen LogP contribution is -2.53. The van der Waals surface area contributed by atoms with Crippen molar-refractivity contribution in [1.29, 1.82) is 0 Å². The fourth-order valence-corrected chi connectivity index (χ4v) is 2.42. The van der Waals surface area contributed by atoms with E-state index in [4.69, 9.17) is 5.73 Å². The lowest BCUT2D eigenvalue weighted by atomic mass is 9.81. The monoisotopic (exact) mass is 255 g/mol. The molecular weight excluding hydrogens is 230 g/mol. The summed E-state index contributed by atoms with van der Waals surface area (Å²) in [6.45, 7) is 4.95. The minimum absolute atomic E-state index is 0.0303. The van der Waals surface area contributed by atoms with Crippen LogP contribution in [0, 0.1) is 5.41 Å². The van der Waals surface area contributed by atoms with E-state index in [9.17, 15) is 9.59 Å². The summed E-state index contributed by atoms with van der Waals surface area (Å²) in [5.41, 5.74) is 5.30. The summed E-state index contributed by atoms with van der Waals surface area (Å²) in [6.07, 6.45) is 2.72. The van der Waals surface area contributed by atoms with Crippen molar-refractivity contribution in [2.24, 2.45) is 11.1 Å². The molecule has 104 valence electrons. The maximum atomic E-state index is 12.3. The van der Waals surface area contributed by atoms with E-state index in [-0.39, 0.29) is 17.9 Å². The topological polar surface area (TPSA) is 75.4 Å². The molecule has 0 aromatic rings. The third-order valence-corrected chi connectivity index (χ3v) is 4.19. The van der Waals surface area contributed by atoms with Crippen LogP contribution in [-0.4, -0.2) is 42.9 Å². The van der Waals surface area contributed by atoms with E-state index < -0.39 is 5.41 Å². The van der Waals surface area contributed by atoms with Crippen molar-refractivity contribution in [2.75, 3.05) is 20.1 Å². The zero-order valence-electron chi connectivity index (χ0n) is 11.7. The molecule has 5 heteroatoms. The van der Waals surface area contributed by atoms with Crippen molar-refractivity contribution in [3.63, 3.8) is 0 Å². The number of hydrogen-bond acceptors (Lipinski definition) is 3. The molecule has 2 amide bonds. The van der Waals surface area contributed by atoms with Crippen molar-refractivity contribution in [3.8, 4) is 0 Å². The van der Waals surface area contributed by atoms with Crippen LogP contribution in [0.4, 0.5) is 0 Å². The highest BCUT2D eigenvalue weighted by Gasteiger charge is 2.35. The second kappa shape index (κ2) is 6.18. The molecule has 1 rings (SSSR count). The molecule has 5 nitrogen and oxygen atoms in total. The summed E-state index contributed by atoms with van der Waals surface area (Å²) in [5, 5.41) is 3.05. The second-order valence-electron chi connectivity index (χ2n) is 5.17. The molecule has 0 aliphatic carbocycles. The third kappa shape index (κ3) is 3.02. The van der Waals surface area contributed by atoms with Crippen molar-refractivity contribution in [1.82, 2.24) is 10.2 Å². The van der Waals surface area contributed by atoms with Gasteiger partial charge in [0.1, 0.15) is 0 Å². The Balaban J connectivity index is 2.61. The van der Waals surface area contributed by atoms with Crippen LogP contribution in [-0.2, 0) is 9.59 Å². The summed E-state index contributed by atoms with van der Waals surface area (Å²) in [4.78, 5) is 25.4. The number of nitrogens with one attached hydrogen (secondary N) is 1. The molecule has 1 unspecified atom stereocenters. The molecule has 18 heavy (non-hydrogen) atoms. The smallest absolute Gasteiger partial charge is 0.227 e. The van der Waals surface area contributed by atoms with Gasteiger partial charge in [-0.05, 0) is 19.3 Å². The van der Waals surface area contributed by atoms with Gasteiger partial charge in [0, 0.05) is 32.6 Å². The Morgan fingerprint density at radius 1 is 1.50 bits per heavy atom. The first-order chi connectivity index (χ1) is 8.49. The van der Waals surface area contributed by atoms with Gasteiger partial charge in [0.2, 0.25) is 11.8 Å². The molecule has 1 aliphatic rings. The number of hydrogen-bond donors (Lipinski definition) is 2. The molecule has 0 aromatic carbocycles. The average Bonchev–Trinajstić information content (AvgIpc) is 2.37. The van der Waals surface area contributed by atoms with E-state index in [1.54, 1.807) is 11.9 Å². The maximum absolute atomic E-state index is 12.3. The Kier molecular flexibility index (Phi) is 5.14. The fraction of sp³-hybridized carbons (Fsp3) is 0.846. The van der Waals surface area contributed by atoms with E-state index in [0.717, 1.165) is 19.3 Å². The molecule has 1 atom stereocenters. The van der Waals surface area contributed by atoms with Crippen LogP contribution in [0.25, 0.3) is 0 Å². The van der Waals surface area contributed by atoms with Gasteiger partial charge in [0.05, 0.1) is 5.41 Å². The van der Waals surface area contributed by atoms with Gasteiger partial charge in [0.25, 0.3) is 0 Å². The number of piperidine rings is 1. The minimum Gasteiger partial charge on any atom is -0.351 e. The first-order valence-corrected chi connectivity index (χ1v) is 6.74. The fourth-order valence-electron chi connectivity index (χ4n) is 2.42. The summed E-state index contributed by atoms with van der Waals surface area (Å²) >= 11 is 0. The number of carbonyl (C=O) groups is 2. The average molecular weight is 255 g/mol. The molecule has 0 saturated carbocycles. The van der Waals surface area contributed by atoms with Gasteiger partial charge in [-0.25, -0.2) is 0 Å². The van der Waals surface area contributed by atoms with Crippen LogP contribution in [0.1, 0.15) is 39.5 Å². The number of nitrogens with zero attached hydrogens (tertiary/aromatic N) is 1. The van der Waals surface area contributed by atoms with E-state index in [2.05, 4.69) is 5.32 Å². The molecule has 0 radical (unpaired) electrons. The molecule has 1 heterocycles. The van der Waals surface area contributed by atoms with Crippen molar-refractivity contribution < 1.29 is 9.59 Å². The molecule has 0 spiro atoms. The van der Waals surface area contributed by atoms with Gasteiger partial charge < -0.3 is 16.0 Å². The number of likely N-dealkylation sites (tertiary alicyclic amines) is 1. The van der Waals surface area contributed by atoms with Crippen LogP contribution in [0.15, 0.2) is 0 Å². The summed E-state index contributed by atoms with van der Waals surface area (Å²) in [5.74, 6) is 0.180. The summed E-state index contributed by atoms with van der Waals surface area (Å²) < 4.78 is 0. The van der Waals surface area contributed by atoms with E-state index in [1.165, 1.54) is 0 Å². The molecule has 1 aliphatic heterocycles. The van der Waals surface area contributed by atoms with Crippen LogP contribution in [0.2, 0.25) is 0 Å². The molecule has 1 saturated heterocycles. The predicted molar refractivity (Wildman–Crippen MR) is 70.9 cm³/mol. The Hall–Kier alpha value is -1.10. The van der Waals surface area contributed by atoms with Crippen LogP contribution in [0.3, 0.4) is 0 Å². The molecular formula is C13H25N3O2. The lowest BCUT2D eigenvalue weighted by Gasteiger charge is -2.34. The number of carbonyl (C=O) groups excluding carboxylic acids is 2. The number of amides is 2. The predicted octanol–water partition coefficient (Wildman–Crippen LogP) is 0.489. The van der Waals surface area contributed by atoms with Gasteiger partial charge in [-0.1, -0.05) is 13.8 Å². The van der Waals surface area contributed by atoms with Gasteiger partial charge in [-0.3, -0.25) is 9.59 Å². The number of nitrogens with two attached hydrogens (primary N) is 1. The van der Waals surface area contributed by atoms with Gasteiger partial charge in [-0.15, -0.1) is 0 Å². The standard InChI is InChI=1S/C13H25N3O2/c1-4-13(5-2,9-14)12(18)15-10-6-7-11(17)16(3)8-10/h10H,4-9,14H2,1-3H3,(H,15,18). The molecule has 0 bridgehead atoms. The van der Waals surface area contributed by atoms with Gasteiger partial charge in [0.15, 0.2) is 0 Å². The lowest BCUT2D eigenvalue weighted by molar-refractivity contribution is -0.136. The first kappa shape index (κ1) is 15.0. The Morgan fingerprint density at radius 2 is 2.11 bits per heavy atom. The molecule has 0 aromatic heterocycles. The van der Waals surface area contributed by atoms with Crippen LogP contribution < -0.4 is 11.1 Å². The highest BCUT2D eigenvalue weighted by molar-refractivity contribution is 5.83. The van der Waals surface area contributed by atoms with Gasteiger partial charge in [-0.2, -0.15) is 0 Å². The molecule has 3 N–H and O–H groups in total. The Morgan fingerprint density at radius 3 is 2.56 bits per heavy atom. The van der Waals surface area contributed by atoms with Crippen molar-refractivity contribution in [2.45, 2.75) is 45.6 Å². The summed E-state index contributed by atoms with van der Waals surface area (Å²) in [6, 6.07) is 0.0595. The number of rotatable bonds is 5. The van der Waals surface area contributed by atoms with Crippen LogP contribution >= 0.6 is 0 Å². The largest absolute Gasteiger partial charge is 0.351 e. The Labute approximate surface area is 109 Å².